The van der Waals surface area contributed by atoms with Crippen molar-refractivity contribution in [1.29, 1.82) is 10.8 Å². The number of aliphatic carboxylic acids is 1. The first-order valence-electron chi connectivity index (χ1n) is 17.8. The number of benzene rings is 3. The number of carbonyl (C=O) groups is 5. The first-order chi connectivity index (χ1) is 26.3. The van der Waals surface area contributed by atoms with E-state index in [1.807, 2.05) is 42.5 Å². The van der Waals surface area contributed by atoms with Crippen molar-refractivity contribution in [3.05, 3.63) is 83.9 Å². The summed E-state index contributed by atoms with van der Waals surface area (Å²) in [5.41, 5.74) is 24.2. The Bertz CT molecular complexity index is 1790. The molecule has 0 spiro atoms. The number of rotatable bonds is 22. The van der Waals surface area contributed by atoms with Gasteiger partial charge in [-0.05, 0) is 54.0 Å². The predicted octanol–water partition coefficient (Wildman–Crippen LogP) is -1.54. The lowest BCUT2D eigenvalue weighted by Gasteiger charge is -2.27. The van der Waals surface area contributed by atoms with Crippen LogP contribution in [0.5, 0.6) is 0 Å². The average Bonchev–Trinajstić information content (AvgIpc) is 3.15. The van der Waals surface area contributed by atoms with Crippen LogP contribution in [0.3, 0.4) is 0 Å². The predicted molar refractivity (Wildman–Crippen MR) is 208 cm³/mol. The molecule has 0 saturated carbocycles. The summed E-state index contributed by atoms with van der Waals surface area (Å²) in [7, 11) is 0. The Morgan fingerprint density at radius 2 is 1.09 bits per heavy atom. The Morgan fingerprint density at radius 1 is 0.600 bits per heavy atom. The van der Waals surface area contributed by atoms with Gasteiger partial charge in [0.25, 0.3) is 0 Å². The highest BCUT2D eigenvalue weighted by Gasteiger charge is 2.31. The summed E-state index contributed by atoms with van der Waals surface area (Å²) < 4.78 is 0. The Balaban J connectivity index is 1.83. The number of carboxylic acid groups (broad SMARTS) is 1. The Hall–Kier alpha value is -6.27. The molecule has 0 saturated heterocycles. The van der Waals surface area contributed by atoms with Gasteiger partial charge in [0.05, 0.1) is 6.04 Å². The lowest BCUT2D eigenvalue weighted by atomic mass is 10.0. The van der Waals surface area contributed by atoms with E-state index < -0.39 is 66.4 Å². The van der Waals surface area contributed by atoms with Gasteiger partial charge in [-0.3, -0.25) is 30.0 Å². The van der Waals surface area contributed by atoms with Gasteiger partial charge in [-0.2, -0.15) is 0 Å². The van der Waals surface area contributed by atoms with Gasteiger partial charge >= 0.3 is 5.97 Å². The molecule has 0 aromatic heterocycles. The maximum absolute atomic E-state index is 14.0. The summed E-state index contributed by atoms with van der Waals surface area (Å²) >= 11 is 0. The summed E-state index contributed by atoms with van der Waals surface area (Å²) in [5, 5.41) is 41.9. The summed E-state index contributed by atoms with van der Waals surface area (Å²) in [5.74, 6) is -4.84. The molecule has 4 amide bonds. The van der Waals surface area contributed by atoms with E-state index in [1.54, 1.807) is 30.3 Å². The number of hydrogen-bond donors (Lipinski definition) is 13. The molecule has 0 fully saturated rings. The van der Waals surface area contributed by atoms with Gasteiger partial charge in [0.1, 0.15) is 24.2 Å². The zero-order valence-electron chi connectivity index (χ0n) is 30.5. The molecule has 55 heavy (non-hydrogen) atoms. The molecule has 3 rings (SSSR count). The van der Waals surface area contributed by atoms with Gasteiger partial charge in [0.2, 0.25) is 23.6 Å². The third-order valence-corrected chi connectivity index (χ3v) is 8.61. The highest BCUT2D eigenvalue weighted by molar-refractivity contribution is 5.95. The number of nitrogens with one attached hydrogen (secondary N) is 8. The summed E-state index contributed by atoms with van der Waals surface area (Å²) in [6.45, 7) is -0.0505. The lowest BCUT2D eigenvalue weighted by Crippen LogP contribution is -2.59. The molecular weight excluding hydrogens is 708 g/mol. The minimum Gasteiger partial charge on any atom is -0.480 e. The van der Waals surface area contributed by atoms with Crippen molar-refractivity contribution in [2.24, 2.45) is 22.9 Å². The van der Waals surface area contributed by atoms with Crippen LogP contribution in [0.25, 0.3) is 10.8 Å². The van der Waals surface area contributed by atoms with Crippen LogP contribution in [0.2, 0.25) is 0 Å². The highest BCUT2D eigenvalue weighted by Crippen LogP contribution is 2.17. The molecule has 18 nitrogen and oxygen atoms in total. The summed E-state index contributed by atoms with van der Waals surface area (Å²) in [4.78, 5) is 66.2. The maximum atomic E-state index is 14.0. The standard InChI is InChI=1S/C37H52N12O6/c38-21-30(35(54)55)49-33(52)28(13-7-17-45-37(42)43)46-32(51)27(12-6-16-44-36(40)41)47-34(53)29(20-22-8-2-1-3-9-22)48-31(50)26(39)19-23-14-15-24-10-4-5-11-25(24)18-23/h1-5,8-11,14-15,18,26-30H,6-7,12-13,16-17,19-21,38-39H2,(H,46,51)(H,47,53)(H,48,50)(H,49,52)(H,54,55)(H4,40,41,44)(H4,42,43,45)/t26-,27-,28-,29-,30-/m0/s1. The second-order valence-electron chi connectivity index (χ2n) is 13.0. The van der Waals surface area contributed by atoms with E-state index in [9.17, 15) is 29.1 Å². The van der Waals surface area contributed by atoms with E-state index in [0.717, 1.165) is 21.9 Å². The third-order valence-electron chi connectivity index (χ3n) is 8.61. The van der Waals surface area contributed by atoms with Crippen LogP contribution in [-0.4, -0.2) is 96.5 Å². The molecule has 0 aliphatic rings. The smallest absolute Gasteiger partial charge is 0.327 e. The molecule has 0 heterocycles. The second kappa shape index (κ2) is 22.1. The Morgan fingerprint density at radius 3 is 1.62 bits per heavy atom. The van der Waals surface area contributed by atoms with Crippen molar-refractivity contribution in [2.75, 3.05) is 19.6 Å². The van der Waals surface area contributed by atoms with Gasteiger partial charge in [0, 0.05) is 26.1 Å². The van der Waals surface area contributed by atoms with Crippen molar-refractivity contribution in [3.8, 4) is 0 Å². The normalized spacial score (nSPS) is 13.6. The number of fused-ring (bicyclic) bond motifs is 1. The van der Waals surface area contributed by atoms with Gasteiger partial charge in [-0.25, -0.2) is 4.79 Å². The van der Waals surface area contributed by atoms with Crippen LogP contribution in [-0.2, 0) is 36.8 Å². The molecule has 0 unspecified atom stereocenters. The van der Waals surface area contributed by atoms with Gasteiger partial charge in [0.15, 0.2) is 11.9 Å². The van der Waals surface area contributed by atoms with Crippen LogP contribution in [0, 0.1) is 10.8 Å². The lowest BCUT2D eigenvalue weighted by molar-refractivity contribution is -0.142. The fourth-order valence-corrected chi connectivity index (χ4v) is 5.68. The first kappa shape index (κ1) is 43.1. The SMILES string of the molecule is N=C(N)NCCC[C@H](NC(=O)[C@H](CCCNC(=N)N)NC(=O)[C@H](Cc1ccccc1)NC(=O)[C@@H](N)Cc1ccc2ccccc2c1)C(=O)N[C@@H](CN)C(=O)O. The Kier molecular flexibility index (Phi) is 17.3. The van der Waals surface area contributed by atoms with Crippen molar-refractivity contribution in [2.45, 2.75) is 68.7 Å². The topological polar surface area (TPSA) is 330 Å². The monoisotopic (exact) mass is 760 g/mol. The molecule has 296 valence electrons. The zero-order valence-corrected chi connectivity index (χ0v) is 30.5. The van der Waals surface area contributed by atoms with Crippen molar-refractivity contribution in [1.82, 2.24) is 31.9 Å². The molecule has 0 aliphatic heterocycles. The van der Waals surface area contributed by atoms with E-state index in [0.29, 0.717) is 0 Å². The minimum atomic E-state index is -1.43. The minimum absolute atomic E-state index is 0.00308. The number of carboxylic acids is 1. The quantitative estimate of drug-likeness (QED) is 0.0315. The molecule has 5 atom stereocenters. The van der Waals surface area contributed by atoms with Gasteiger partial charge < -0.3 is 59.9 Å². The molecule has 0 bridgehead atoms. The molecule has 0 radical (unpaired) electrons. The van der Waals surface area contributed by atoms with E-state index in [4.69, 9.17) is 33.8 Å². The van der Waals surface area contributed by atoms with Crippen molar-refractivity contribution < 1.29 is 29.1 Å². The molecule has 17 N–H and O–H groups in total. The number of guanidine groups is 2. The number of nitrogens with two attached hydrogens (primary N) is 4. The van der Waals surface area contributed by atoms with Crippen molar-refractivity contribution in [3.63, 3.8) is 0 Å². The molecular formula is C37H52N12O6. The van der Waals surface area contributed by atoms with Gasteiger partial charge in [-0.15, -0.1) is 0 Å². The molecule has 3 aromatic carbocycles. The average molecular weight is 761 g/mol. The maximum Gasteiger partial charge on any atom is 0.327 e. The first-order valence-corrected chi connectivity index (χ1v) is 17.8. The molecule has 3 aromatic rings. The van der Waals surface area contributed by atoms with E-state index >= 15 is 0 Å². The largest absolute Gasteiger partial charge is 0.480 e. The summed E-state index contributed by atoms with van der Waals surface area (Å²) in [6, 6.07) is 16.4. The fraction of sp³-hybridized carbons (Fsp3) is 0.378. The van der Waals surface area contributed by atoms with Crippen LogP contribution in [0.15, 0.2) is 72.8 Å². The Labute approximate surface area is 318 Å². The van der Waals surface area contributed by atoms with E-state index in [1.165, 1.54) is 0 Å². The van der Waals surface area contributed by atoms with E-state index in [-0.39, 0.29) is 63.5 Å². The van der Waals surface area contributed by atoms with Gasteiger partial charge in [-0.1, -0.05) is 72.8 Å². The third kappa shape index (κ3) is 14.9. The van der Waals surface area contributed by atoms with Crippen LogP contribution in [0.1, 0.15) is 36.8 Å². The van der Waals surface area contributed by atoms with E-state index in [2.05, 4.69) is 31.9 Å². The highest BCUT2D eigenvalue weighted by atomic mass is 16.4. The fourth-order valence-electron chi connectivity index (χ4n) is 5.68. The molecule has 0 aliphatic carbocycles. The molecule has 18 heteroatoms. The number of hydrogen-bond acceptors (Lipinski definition) is 9. The van der Waals surface area contributed by atoms with Crippen LogP contribution < -0.4 is 54.8 Å². The van der Waals surface area contributed by atoms with Crippen LogP contribution >= 0.6 is 0 Å². The summed E-state index contributed by atoms with van der Waals surface area (Å²) in [6.07, 6.45) is 0.768. The number of carbonyl (C=O) groups excluding carboxylic acids is 4. The zero-order chi connectivity index (χ0) is 40.3. The number of amides is 4. The second-order valence-corrected chi connectivity index (χ2v) is 13.0. The van der Waals surface area contributed by atoms with Crippen LogP contribution in [0.4, 0.5) is 0 Å². The van der Waals surface area contributed by atoms with Crippen molar-refractivity contribution >= 4 is 52.3 Å².